The molecular weight excluding hydrogens is 222 g/mol. The van der Waals surface area contributed by atoms with Crippen LogP contribution in [-0.4, -0.2) is 14.7 Å². The fourth-order valence-corrected chi connectivity index (χ4v) is 0. The molecule has 8 heteroatoms. The maximum Gasteiger partial charge on any atom is 1.00 e. The van der Waals surface area contributed by atoms with Crippen LogP contribution in [0.4, 0.5) is 0 Å². The minimum Gasteiger partial charge on any atom is -1.00 e. The Morgan fingerprint density at radius 2 is 1.25 bits per heavy atom. The Morgan fingerprint density at radius 1 is 1.25 bits per heavy atom. The molecule has 0 bridgehead atoms. The van der Waals surface area contributed by atoms with Crippen LogP contribution >= 0.6 is 7.82 Å². The van der Waals surface area contributed by atoms with Gasteiger partial charge in [0.1, 0.15) is 0 Å². The van der Waals surface area contributed by atoms with E-state index in [1.165, 1.54) is 0 Å². The van der Waals surface area contributed by atoms with Crippen molar-refractivity contribution in [3.8, 4) is 0 Å². The molecule has 8 heavy (non-hydrogen) atoms. The van der Waals surface area contributed by atoms with Gasteiger partial charge in [-0.15, -0.1) is 0 Å². The summed E-state index contributed by atoms with van der Waals surface area (Å²) in [5.41, 5.74) is 0. The Labute approximate surface area is 95.8 Å². The predicted molar refractivity (Wildman–Crippen MR) is 15.4 cm³/mol. The van der Waals surface area contributed by atoms with E-state index in [9.17, 15) is 0 Å². The topological polar surface area (TPSA) is 77.8 Å². The van der Waals surface area contributed by atoms with E-state index >= 15 is 0 Å². The first-order valence-electron chi connectivity index (χ1n) is 0.783. The Balaban J connectivity index is -0.0000000133. The predicted octanol–water partition coefficient (Wildman–Crippen LogP) is -3.82. The zero-order valence-electron chi connectivity index (χ0n) is 5.05. The summed E-state index contributed by atoms with van der Waals surface area (Å²) in [4.78, 5) is 21.6. The van der Waals surface area contributed by atoms with Gasteiger partial charge in [-0.1, -0.05) is 0 Å². The number of rotatable bonds is 0. The number of phosphoric acid groups is 1. The summed E-state index contributed by atoms with van der Waals surface area (Å²) in [6.07, 6.45) is 0. The first-order valence-corrected chi connectivity index (χ1v) is 2.35. The number of hydrogen-bond acceptors (Lipinski definition) is 1. The summed E-state index contributed by atoms with van der Waals surface area (Å²) in [5.74, 6) is 0. The second-order valence-electron chi connectivity index (χ2n) is 0.513. The van der Waals surface area contributed by atoms with Crippen LogP contribution < -0.4 is 29.6 Å². The van der Waals surface area contributed by atoms with Crippen molar-refractivity contribution < 1.29 is 89.0 Å². The second kappa shape index (κ2) is 9.34. The van der Waals surface area contributed by atoms with Gasteiger partial charge in [0, 0.05) is 38.8 Å². The second-order valence-corrected chi connectivity index (χ2v) is 1.54. The van der Waals surface area contributed by atoms with Crippen LogP contribution in [0.5, 0.6) is 0 Å². The third-order valence-corrected chi connectivity index (χ3v) is 0. The summed E-state index contributed by atoms with van der Waals surface area (Å²) in [7, 11) is -4.64. The van der Waals surface area contributed by atoms with Gasteiger partial charge in [0.05, 0.1) is 0 Å². The molecule has 0 aromatic heterocycles. The molecule has 4 nitrogen and oxygen atoms in total. The monoisotopic (exact) mass is 226 g/mol. The average molecular weight is 226 g/mol. The average Bonchev–Trinajstić information content (AvgIpc) is 0.722. The van der Waals surface area contributed by atoms with Crippen molar-refractivity contribution >= 4 is 7.82 Å². The normalized spacial score (nSPS) is 7.38. The minimum atomic E-state index is -4.64. The van der Waals surface area contributed by atoms with Crippen LogP contribution in [-0.2, 0) is 43.4 Å². The van der Waals surface area contributed by atoms with E-state index in [1.54, 1.807) is 0 Å². The molecular formula is H4FeNaO4PTi. The molecule has 0 radical (unpaired) electrons. The fraction of sp³-hybridized carbons (Fsp3) is 0. The van der Waals surface area contributed by atoms with Crippen LogP contribution in [0.25, 0.3) is 0 Å². The van der Waals surface area contributed by atoms with Crippen molar-refractivity contribution in [1.82, 2.24) is 0 Å². The maximum atomic E-state index is 8.88. The van der Waals surface area contributed by atoms with Gasteiger partial charge in [0.15, 0.2) is 0 Å². The Hall–Kier alpha value is 2.34. The zero-order chi connectivity index (χ0) is 4.50. The first kappa shape index (κ1) is 22.4. The first-order chi connectivity index (χ1) is 2.00. The van der Waals surface area contributed by atoms with Crippen LogP contribution in [0.1, 0.15) is 1.43 Å². The Kier molecular flexibility index (Phi) is 26.2. The van der Waals surface area contributed by atoms with Gasteiger partial charge in [0.25, 0.3) is 0 Å². The molecule has 0 heterocycles. The maximum absolute atomic E-state index is 8.88. The molecule has 0 saturated heterocycles. The third-order valence-electron chi connectivity index (χ3n) is 0. The molecule has 0 spiro atoms. The van der Waals surface area contributed by atoms with Gasteiger partial charge >= 0.3 is 37.4 Å². The summed E-state index contributed by atoms with van der Waals surface area (Å²) in [6.45, 7) is 0. The van der Waals surface area contributed by atoms with Crippen LogP contribution in [0.3, 0.4) is 0 Å². The van der Waals surface area contributed by atoms with Gasteiger partial charge in [-0.2, -0.15) is 0 Å². The van der Waals surface area contributed by atoms with Crippen molar-refractivity contribution in [2.24, 2.45) is 0 Å². The molecule has 3 N–H and O–H groups in total. The molecule has 0 aliphatic heterocycles. The van der Waals surface area contributed by atoms with E-state index in [0.29, 0.717) is 0 Å². The minimum absolute atomic E-state index is 0. The molecule has 0 aromatic carbocycles. The van der Waals surface area contributed by atoms with Gasteiger partial charge in [0.2, 0.25) is 0 Å². The molecule has 0 fully saturated rings. The molecule has 0 rings (SSSR count). The molecule has 0 atom stereocenters. The summed E-state index contributed by atoms with van der Waals surface area (Å²) >= 11 is 0. The van der Waals surface area contributed by atoms with Crippen LogP contribution in [0, 0.1) is 0 Å². The number of hydrogen-bond donors (Lipinski definition) is 3. The van der Waals surface area contributed by atoms with E-state index < -0.39 is 7.82 Å². The van der Waals surface area contributed by atoms with E-state index in [0.717, 1.165) is 0 Å². The zero-order valence-corrected chi connectivity index (χ0v) is 9.61. The molecule has 46 valence electrons. The van der Waals surface area contributed by atoms with Crippen molar-refractivity contribution in [3.63, 3.8) is 0 Å². The SMILES string of the molecule is O=P(O)(O)O.[Fe].[H-].[Na+].[Ti]. The largest absolute Gasteiger partial charge is 1.00 e. The smallest absolute Gasteiger partial charge is 1.00 e. The molecule has 0 aromatic rings. The van der Waals surface area contributed by atoms with Crippen molar-refractivity contribution in [2.45, 2.75) is 0 Å². The summed E-state index contributed by atoms with van der Waals surface area (Å²) in [6, 6.07) is 0. The molecule has 0 aliphatic rings. The van der Waals surface area contributed by atoms with E-state index in [1.807, 2.05) is 0 Å². The summed E-state index contributed by atoms with van der Waals surface area (Å²) < 4.78 is 8.88. The van der Waals surface area contributed by atoms with E-state index in [2.05, 4.69) is 0 Å². The van der Waals surface area contributed by atoms with Crippen LogP contribution in [0.2, 0.25) is 0 Å². The van der Waals surface area contributed by atoms with Gasteiger partial charge in [-0.05, 0) is 0 Å². The molecule has 0 saturated carbocycles. The Morgan fingerprint density at radius 3 is 1.25 bits per heavy atom. The molecule has 0 aliphatic carbocycles. The fourth-order valence-electron chi connectivity index (χ4n) is 0. The van der Waals surface area contributed by atoms with Crippen molar-refractivity contribution in [2.75, 3.05) is 0 Å². The quantitative estimate of drug-likeness (QED) is 0.292. The van der Waals surface area contributed by atoms with Crippen LogP contribution in [0.15, 0.2) is 0 Å². The van der Waals surface area contributed by atoms with Gasteiger partial charge < -0.3 is 16.1 Å². The molecule has 0 amide bonds. The van der Waals surface area contributed by atoms with Gasteiger partial charge in [-0.3, -0.25) is 0 Å². The van der Waals surface area contributed by atoms with Crippen molar-refractivity contribution in [1.29, 1.82) is 0 Å². The van der Waals surface area contributed by atoms with Crippen molar-refractivity contribution in [3.05, 3.63) is 0 Å². The van der Waals surface area contributed by atoms with Gasteiger partial charge in [-0.25, -0.2) is 4.57 Å². The standard InChI is InChI=1S/Fe.Na.H3O4P.Ti.H/c;;1-5(2,3)4;;/h;;(H3,1,2,3,4);;/q;+1;;;-1. The van der Waals surface area contributed by atoms with E-state index in [-0.39, 0.29) is 69.8 Å². The molecule has 0 unspecified atom stereocenters. The third kappa shape index (κ3) is 81.9. The Bertz CT molecular complexity index is 66.7. The van der Waals surface area contributed by atoms with E-state index in [4.69, 9.17) is 19.2 Å². The summed E-state index contributed by atoms with van der Waals surface area (Å²) in [5, 5.41) is 0.